The normalized spacial score (nSPS) is 22.8. The zero-order valence-electron chi connectivity index (χ0n) is 13.2. The lowest BCUT2D eigenvalue weighted by Crippen LogP contribution is -2.47. The first-order valence-corrected chi connectivity index (χ1v) is 7.74. The number of benzene rings is 2. The van der Waals surface area contributed by atoms with Crippen molar-refractivity contribution in [2.75, 3.05) is 25.1 Å². The number of carbonyl (C=O) groups excluding carboxylic acids is 1. The van der Waals surface area contributed by atoms with Crippen molar-refractivity contribution in [3.8, 4) is 0 Å². The van der Waals surface area contributed by atoms with Crippen LogP contribution >= 0.6 is 0 Å². The summed E-state index contributed by atoms with van der Waals surface area (Å²) in [5, 5.41) is 0. The predicted octanol–water partition coefficient (Wildman–Crippen LogP) is 2.69. The van der Waals surface area contributed by atoms with Crippen LogP contribution in [-0.2, 0) is 14.9 Å². The zero-order valence-corrected chi connectivity index (χ0v) is 13.2. The number of aryl methyl sites for hydroxylation is 1. The van der Waals surface area contributed by atoms with Gasteiger partial charge in [-0.3, -0.25) is 4.79 Å². The number of anilines is 1. The van der Waals surface area contributed by atoms with Gasteiger partial charge >= 0.3 is 0 Å². The Bertz CT molecular complexity index is 810. The molecule has 0 aliphatic carbocycles. The minimum Gasteiger partial charge on any atom is -0.476 e. The van der Waals surface area contributed by atoms with Crippen molar-refractivity contribution in [3.05, 3.63) is 65.2 Å². The Labute approximate surface area is 135 Å². The van der Waals surface area contributed by atoms with Gasteiger partial charge in [-0.05, 0) is 30.7 Å². The van der Waals surface area contributed by atoms with Gasteiger partial charge in [-0.25, -0.2) is 4.99 Å². The first kappa shape index (κ1) is 14.0. The molecule has 2 aliphatic heterocycles. The molecule has 0 N–H and O–H groups in total. The fraction of sp³-hybridized carbons (Fsp3) is 0.263. The summed E-state index contributed by atoms with van der Waals surface area (Å²) in [6.07, 6.45) is 0. The van der Waals surface area contributed by atoms with E-state index in [2.05, 4.69) is 4.99 Å². The van der Waals surface area contributed by atoms with Crippen molar-refractivity contribution >= 4 is 17.5 Å². The van der Waals surface area contributed by atoms with Gasteiger partial charge in [0.1, 0.15) is 12.0 Å². The molecule has 0 aromatic heterocycles. The van der Waals surface area contributed by atoms with Crippen molar-refractivity contribution in [3.63, 3.8) is 0 Å². The highest BCUT2D eigenvalue weighted by atomic mass is 16.5. The Morgan fingerprint density at radius 1 is 1.13 bits per heavy atom. The number of aliphatic imine (C=N–C) groups is 1. The summed E-state index contributed by atoms with van der Waals surface area (Å²) in [7, 11) is 1.81. The first-order valence-electron chi connectivity index (χ1n) is 7.74. The molecule has 2 heterocycles. The summed E-state index contributed by atoms with van der Waals surface area (Å²) < 4.78 is 5.92. The highest BCUT2D eigenvalue weighted by molar-refractivity contribution is 6.09. The van der Waals surface area contributed by atoms with Crippen LogP contribution in [0.5, 0.6) is 0 Å². The lowest BCUT2D eigenvalue weighted by Gasteiger charge is -2.30. The number of hydrogen-bond acceptors (Lipinski definition) is 3. The summed E-state index contributed by atoms with van der Waals surface area (Å²) in [5.41, 5.74) is 3.44. The highest BCUT2D eigenvalue weighted by Gasteiger charge is 2.52. The molecule has 1 unspecified atom stereocenters. The topological polar surface area (TPSA) is 41.9 Å². The molecule has 2 aromatic carbocycles. The molecule has 2 aliphatic rings. The molecule has 4 nitrogen and oxygen atoms in total. The van der Waals surface area contributed by atoms with Crippen LogP contribution in [0.2, 0.25) is 0 Å². The van der Waals surface area contributed by atoms with Crippen LogP contribution in [0.3, 0.4) is 0 Å². The molecule has 0 saturated heterocycles. The number of amides is 1. The Balaban J connectivity index is 1.71. The summed E-state index contributed by atoms with van der Waals surface area (Å²) in [5.74, 6) is 0.681. The second-order valence-corrected chi connectivity index (χ2v) is 6.24. The SMILES string of the molecule is Cc1ccc(C2=NCC3(CO2)C(=O)N(C)c2ccccc23)cc1. The quantitative estimate of drug-likeness (QED) is 0.813. The minimum absolute atomic E-state index is 0.0606. The Morgan fingerprint density at radius 3 is 2.57 bits per heavy atom. The minimum atomic E-state index is -0.681. The molecule has 0 fully saturated rings. The molecule has 0 bridgehead atoms. The van der Waals surface area contributed by atoms with Crippen molar-refractivity contribution in [2.24, 2.45) is 4.99 Å². The van der Waals surface area contributed by atoms with Crippen LogP contribution in [-0.4, -0.2) is 32.0 Å². The molecule has 4 rings (SSSR count). The Kier molecular flexibility index (Phi) is 3.01. The van der Waals surface area contributed by atoms with Crippen molar-refractivity contribution in [1.82, 2.24) is 0 Å². The van der Waals surface area contributed by atoms with Gasteiger partial charge in [0.25, 0.3) is 0 Å². The van der Waals surface area contributed by atoms with E-state index < -0.39 is 5.41 Å². The van der Waals surface area contributed by atoms with Crippen LogP contribution in [0.1, 0.15) is 16.7 Å². The van der Waals surface area contributed by atoms with E-state index >= 15 is 0 Å². The fourth-order valence-electron chi connectivity index (χ4n) is 3.37. The van der Waals surface area contributed by atoms with Crippen molar-refractivity contribution in [1.29, 1.82) is 0 Å². The number of hydrogen-bond donors (Lipinski definition) is 0. The van der Waals surface area contributed by atoms with Crippen LogP contribution in [0, 0.1) is 6.92 Å². The fourth-order valence-corrected chi connectivity index (χ4v) is 3.37. The van der Waals surface area contributed by atoms with E-state index in [0.717, 1.165) is 16.8 Å². The van der Waals surface area contributed by atoms with Crippen molar-refractivity contribution in [2.45, 2.75) is 12.3 Å². The molecule has 1 spiro atoms. The van der Waals surface area contributed by atoms with Gasteiger partial charge in [-0.1, -0.05) is 35.9 Å². The van der Waals surface area contributed by atoms with Gasteiger partial charge in [-0.15, -0.1) is 0 Å². The summed E-state index contributed by atoms with van der Waals surface area (Å²) >= 11 is 0. The molecule has 4 heteroatoms. The number of para-hydroxylation sites is 1. The maximum atomic E-state index is 12.8. The first-order chi connectivity index (χ1) is 11.1. The third-order valence-corrected chi connectivity index (χ3v) is 4.74. The van der Waals surface area contributed by atoms with E-state index in [-0.39, 0.29) is 5.91 Å². The van der Waals surface area contributed by atoms with Gasteiger partial charge in [0.05, 0.1) is 6.54 Å². The second-order valence-electron chi connectivity index (χ2n) is 6.24. The molecule has 2 aromatic rings. The monoisotopic (exact) mass is 306 g/mol. The van der Waals surface area contributed by atoms with Gasteiger partial charge in [0.2, 0.25) is 11.8 Å². The van der Waals surface area contributed by atoms with E-state index in [4.69, 9.17) is 4.74 Å². The molecular weight excluding hydrogens is 288 g/mol. The maximum absolute atomic E-state index is 12.8. The van der Waals surface area contributed by atoms with Crippen LogP contribution < -0.4 is 4.90 Å². The second kappa shape index (κ2) is 4.95. The largest absolute Gasteiger partial charge is 0.476 e. The highest BCUT2D eigenvalue weighted by Crippen LogP contribution is 2.42. The molecule has 1 amide bonds. The maximum Gasteiger partial charge on any atom is 0.242 e. The molecule has 0 saturated carbocycles. The molecule has 23 heavy (non-hydrogen) atoms. The summed E-state index contributed by atoms with van der Waals surface area (Å²) in [4.78, 5) is 19.1. The van der Waals surface area contributed by atoms with Crippen LogP contribution in [0.15, 0.2) is 53.5 Å². The third kappa shape index (κ3) is 1.98. The number of rotatable bonds is 1. The van der Waals surface area contributed by atoms with Crippen molar-refractivity contribution < 1.29 is 9.53 Å². The molecule has 116 valence electrons. The van der Waals surface area contributed by atoms with E-state index in [9.17, 15) is 4.79 Å². The van der Waals surface area contributed by atoms with Gasteiger partial charge in [-0.2, -0.15) is 0 Å². The predicted molar refractivity (Wildman–Crippen MR) is 90.1 cm³/mol. The Morgan fingerprint density at radius 2 is 1.87 bits per heavy atom. The summed E-state index contributed by atoms with van der Waals surface area (Å²) in [6, 6.07) is 16.0. The smallest absolute Gasteiger partial charge is 0.242 e. The van der Waals surface area contributed by atoms with Gasteiger partial charge in [0.15, 0.2) is 0 Å². The van der Waals surface area contributed by atoms with E-state index in [1.165, 1.54) is 5.56 Å². The van der Waals surface area contributed by atoms with Gasteiger partial charge in [0, 0.05) is 18.3 Å². The molecular formula is C19H18N2O2. The van der Waals surface area contributed by atoms with E-state index in [0.29, 0.717) is 19.0 Å². The van der Waals surface area contributed by atoms with Gasteiger partial charge < -0.3 is 9.64 Å². The standard InChI is InChI=1S/C19H18N2O2/c1-13-7-9-14(10-8-13)17-20-11-19(12-23-17)15-5-3-4-6-16(15)21(2)18(19)22/h3-10H,11-12H2,1-2H3. The van der Waals surface area contributed by atoms with E-state index in [1.54, 1.807) is 4.90 Å². The average Bonchev–Trinajstić information content (AvgIpc) is 2.80. The zero-order chi connectivity index (χ0) is 16.0. The lowest BCUT2D eigenvalue weighted by molar-refractivity contribution is -0.124. The van der Waals surface area contributed by atoms with Crippen LogP contribution in [0.4, 0.5) is 5.69 Å². The molecule has 0 radical (unpaired) electrons. The lowest BCUT2D eigenvalue weighted by atomic mass is 9.82. The number of nitrogens with zero attached hydrogens (tertiary/aromatic N) is 2. The Hall–Kier alpha value is -2.62. The number of carbonyl (C=O) groups is 1. The number of fused-ring (bicyclic) bond motifs is 2. The molecule has 1 atom stereocenters. The number of ether oxygens (including phenoxy) is 1. The average molecular weight is 306 g/mol. The number of likely N-dealkylation sites (N-methyl/N-ethyl adjacent to an activating group) is 1. The third-order valence-electron chi connectivity index (χ3n) is 4.74. The summed E-state index contributed by atoms with van der Waals surface area (Å²) in [6.45, 7) is 2.81. The van der Waals surface area contributed by atoms with Crippen LogP contribution in [0.25, 0.3) is 0 Å². The van der Waals surface area contributed by atoms with E-state index in [1.807, 2.05) is 62.5 Å².